The monoisotopic (exact) mass is 319 g/mol. The first kappa shape index (κ1) is 17.2. The summed E-state index contributed by atoms with van der Waals surface area (Å²) in [5.41, 5.74) is 4.94. The molecule has 0 bridgehead atoms. The molecular weight excluding hydrogens is 298 g/mol. The van der Waals surface area contributed by atoms with Gasteiger partial charge in [-0.2, -0.15) is 0 Å². The van der Waals surface area contributed by atoms with Crippen molar-refractivity contribution in [2.24, 2.45) is 7.05 Å². The van der Waals surface area contributed by atoms with Crippen LogP contribution in [0.3, 0.4) is 0 Å². The van der Waals surface area contributed by atoms with Gasteiger partial charge in [-0.1, -0.05) is 6.92 Å². The number of rotatable bonds is 7. The normalized spacial score (nSPS) is 11.6. The zero-order valence-electron chi connectivity index (χ0n) is 12.3. The van der Waals surface area contributed by atoms with Gasteiger partial charge < -0.3 is 11.1 Å². The van der Waals surface area contributed by atoms with Crippen molar-refractivity contribution in [2.75, 3.05) is 30.4 Å². The molecule has 10 heteroatoms. The van der Waals surface area contributed by atoms with Crippen LogP contribution < -0.4 is 27.0 Å². The molecule has 0 unspecified atom stereocenters. The zero-order valence-corrected chi connectivity index (χ0v) is 13.2. The van der Waals surface area contributed by atoms with E-state index in [9.17, 15) is 18.0 Å². The van der Waals surface area contributed by atoms with E-state index in [4.69, 9.17) is 5.73 Å². The van der Waals surface area contributed by atoms with E-state index < -0.39 is 21.3 Å². The first-order valence-electron chi connectivity index (χ1n) is 6.46. The summed E-state index contributed by atoms with van der Waals surface area (Å²) in [6, 6.07) is 0. The summed E-state index contributed by atoms with van der Waals surface area (Å²) < 4.78 is 26.5. The van der Waals surface area contributed by atoms with Crippen LogP contribution in [-0.4, -0.2) is 36.9 Å². The summed E-state index contributed by atoms with van der Waals surface area (Å²) >= 11 is 0. The minimum Gasteiger partial charge on any atom is -0.383 e. The summed E-state index contributed by atoms with van der Waals surface area (Å²) in [6.45, 7) is 2.57. The van der Waals surface area contributed by atoms with Gasteiger partial charge in [0.1, 0.15) is 11.5 Å². The molecule has 0 fully saturated rings. The van der Waals surface area contributed by atoms with Crippen molar-refractivity contribution in [3.05, 3.63) is 20.8 Å². The van der Waals surface area contributed by atoms with E-state index in [1.54, 1.807) is 0 Å². The lowest BCUT2D eigenvalue weighted by Crippen LogP contribution is -2.41. The molecular formula is C11H21N5O4S. The molecule has 0 amide bonds. The largest absolute Gasteiger partial charge is 0.383 e. The molecule has 1 aromatic heterocycles. The van der Waals surface area contributed by atoms with Crippen molar-refractivity contribution >= 4 is 21.5 Å². The van der Waals surface area contributed by atoms with Crippen molar-refractivity contribution in [3.63, 3.8) is 0 Å². The molecule has 0 radical (unpaired) electrons. The third-order valence-corrected chi connectivity index (χ3v) is 3.55. The lowest BCUT2D eigenvalue weighted by Gasteiger charge is -2.15. The fraction of sp³-hybridized carbons (Fsp3) is 0.636. The van der Waals surface area contributed by atoms with E-state index in [0.717, 1.165) is 10.8 Å². The smallest absolute Gasteiger partial charge is 0.332 e. The third-order valence-electron chi connectivity index (χ3n) is 2.82. The Bertz CT molecular complexity index is 719. The molecule has 0 spiro atoms. The highest BCUT2D eigenvalue weighted by molar-refractivity contribution is 7.88. The van der Waals surface area contributed by atoms with Crippen LogP contribution in [0.2, 0.25) is 0 Å². The first-order valence-corrected chi connectivity index (χ1v) is 8.36. The number of nitrogens with one attached hydrogen (secondary N) is 2. The maximum atomic E-state index is 12.0. The number of aromatic nitrogens is 2. The standard InChI is InChI=1S/C11H21N5O4S/c1-4-7-16-9(12)8(10(17)15(2)11(16)18)13-5-6-14-21(3,19)20/h13-14H,4-7,12H2,1-3H3. The molecule has 120 valence electrons. The van der Waals surface area contributed by atoms with Gasteiger partial charge in [0.05, 0.1) is 6.26 Å². The maximum absolute atomic E-state index is 12.0. The van der Waals surface area contributed by atoms with Crippen molar-refractivity contribution in [1.82, 2.24) is 13.9 Å². The second-order valence-corrected chi connectivity index (χ2v) is 6.48. The van der Waals surface area contributed by atoms with Gasteiger partial charge in [0.2, 0.25) is 10.0 Å². The number of hydrogen-bond donors (Lipinski definition) is 3. The average Bonchev–Trinajstić information content (AvgIpc) is 2.39. The number of hydrogen-bond acceptors (Lipinski definition) is 6. The second-order valence-electron chi connectivity index (χ2n) is 4.65. The molecule has 0 saturated carbocycles. The number of anilines is 2. The van der Waals surface area contributed by atoms with Crippen molar-refractivity contribution in [2.45, 2.75) is 19.9 Å². The molecule has 21 heavy (non-hydrogen) atoms. The molecule has 0 aliphatic rings. The van der Waals surface area contributed by atoms with E-state index >= 15 is 0 Å². The molecule has 1 rings (SSSR count). The Hall–Kier alpha value is -1.81. The fourth-order valence-electron chi connectivity index (χ4n) is 1.81. The lowest BCUT2D eigenvalue weighted by atomic mass is 10.4. The summed E-state index contributed by atoms with van der Waals surface area (Å²) in [5, 5.41) is 2.78. The molecule has 0 atom stereocenters. The Labute approximate surface area is 122 Å². The van der Waals surface area contributed by atoms with Crippen LogP contribution in [0.5, 0.6) is 0 Å². The van der Waals surface area contributed by atoms with Crippen LogP contribution >= 0.6 is 0 Å². The average molecular weight is 319 g/mol. The summed E-state index contributed by atoms with van der Waals surface area (Å²) in [4.78, 5) is 24.0. The second kappa shape index (κ2) is 6.76. The Balaban J connectivity index is 3.02. The molecule has 1 heterocycles. The molecule has 0 aliphatic heterocycles. The molecule has 9 nitrogen and oxygen atoms in total. The topological polar surface area (TPSA) is 128 Å². The van der Waals surface area contributed by atoms with E-state index in [-0.39, 0.29) is 24.6 Å². The van der Waals surface area contributed by atoms with Gasteiger partial charge in [-0.15, -0.1) is 0 Å². The Morgan fingerprint density at radius 1 is 1.24 bits per heavy atom. The number of nitrogens with zero attached hydrogens (tertiary/aromatic N) is 2. The highest BCUT2D eigenvalue weighted by atomic mass is 32.2. The van der Waals surface area contributed by atoms with E-state index in [1.165, 1.54) is 11.6 Å². The Kier molecular flexibility index (Phi) is 5.55. The zero-order chi connectivity index (χ0) is 16.2. The van der Waals surface area contributed by atoms with E-state index in [1.807, 2.05) is 6.92 Å². The van der Waals surface area contributed by atoms with E-state index in [2.05, 4.69) is 10.0 Å². The van der Waals surface area contributed by atoms with Crippen molar-refractivity contribution < 1.29 is 8.42 Å². The minimum absolute atomic E-state index is 0.0595. The molecule has 4 N–H and O–H groups in total. The van der Waals surface area contributed by atoms with Gasteiger partial charge >= 0.3 is 5.69 Å². The Morgan fingerprint density at radius 2 is 1.86 bits per heavy atom. The fourth-order valence-corrected chi connectivity index (χ4v) is 2.29. The predicted molar refractivity (Wildman–Crippen MR) is 82.0 cm³/mol. The predicted octanol–water partition coefficient (Wildman–Crippen LogP) is -1.50. The van der Waals surface area contributed by atoms with Gasteiger partial charge in [-0.25, -0.2) is 17.9 Å². The van der Waals surface area contributed by atoms with Crippen LogP contribution in [-0.2, 0) is 23.6 Å². The first-order chi connectivity index (χ1) is 9.69. The van der Waals surface area contributed by atoms with Crippen LogP contribution in [0.1, 0.15) is 13.3 Å². The number of nitrogens with two attached hydrogens (primary N) is 1. The van der Waals surface area contributed by atoms with Crippen molar-refractivity contribution in [1.29, 1.82) is 0 Å². The van der Waals surface area contributed by atoms with Crippen molar-refractivity contribution in [3.8, 4) is 0 Å². The minimum atomic E-state index is -3.29. The van der Waals surface area contributed by atoms with Gasteiger partial charge in [0, 0.05) is 26.7 Å². The van der Waals surface area contributed by atoms with Gasteiger partial charge in [0.25, 0.3) is 5.56 Å². The summed E-state index contributed by atoms with van der Waals surface area (Å²) in [6.07, 6.45) is 1.74. The van der Waals surface area contributed by atoms with Gasteiger partial charge in [-0.05, 0) is 6.42 Å². The highest BCUT2D eigenvalue weighted by Gasteiger charge is 2.14. The highest BCUT2D eigenvalue weighted by Crippen LogP contribution is 2.10. The SMILES string of the molecule is CCCn1c(N)c(NCCNS(C)(=O)=O)c(=O)n(C)c1=O. The van der Waals surface area contributed by atoms with Crippen LogP contribution in [0.4, 0.5) is 11.5 Å². The summed E-state index contributed by atoms with van der Waals surface area (Å²) in [7, 11) is -1.92. The third kappa shape index (κ3) is 4.33. The summed E-state index contributed by atoms with van der Waals surface area (Å²) in [5.74, 6) is 0.0595. The number of nitrogen functional groups attached to an aromatic ring is 1. The van der Waals surface area contributed by atoms with E-state index in [0.29, 0.717) is 13.0 Å². The van der Waals surface area contributed by atoms with Crippen LogP contribution in [0.25, 0.3) is 0 Å². The number of sulfonamides is 1. The molecule has 0 aromatic carbocycles. The quantitative estimate of drug-likeness (QED) is 0.525. The van der Waals surface area contributed by atoms with Crippen LogP contribution in [0.15, 0.2) is 9.59 Å². The van der Waals surface area contributed by atoms with Crippen LogP contribution in [0, 0.1) is 0 Å². The van der Waals surface area contributed by atoms with Gasteiger partial charge in [-0.3, -0.25) is 13.9 Å². The molecule has 0 aliphatic carbocycles. The Morgan fingerprint density at radius 3 is 2.38 bits per heavy atom. The lowest BCUT2D eigenvalue weighted by molar-refractivity contribution is 0.588. The maximum Gasteiger partial charge on any atom is 0.332 e. The molecule has 0 saturated heterocycles. The molecule has 1 aromatic rings. The van der Waals surface area contributed by atoms with Gasteiger partial charge in [0.15, 0.2) is 0 Å².